The molecule has 150 valence electrons. The Bertz CT molecular complexity index is 1000. The molecule has 1 heterocycles. The summed E-state index contributed by atoms with van der Waals surface area (Å²) in [4.78, 5) is 30.8. The van der Waals surface area contributed by atoms with E-state index >= 15 is 0 Å². The Labute approximate surface area is 171 Å². The number of carbonyl (C=O) groups is 2. The molecular weight excluding hydrogens is 364 g/mol. The number of hydrazone groups is 1. The van der Waals surface area contributed by atoms with Crippen LogP contribution in [0.2, 0.25) is 0 Å². The van der Waals surface area contributed by atoms with Crippen LogP contribution >= 0.6 is 0 Å². The van der Waals surface area contributed by atoms with Crippen molar-refractivity contribution in [1.29, 1.82) is 0 Å². The molecule has 1 aliphatic heterocycles. The lowest BCUT2D eigenvalue weighted by Crippen LogP contribution is -2.40. The van der Waals surface area contributed by atoms with Gasteiger partial charge in [0.15, 0.2) is 11.5 Å². The van der Waals surface area contributed by atoms with Crippen molar-refractivity contribution in [1.82, 2.24) is 4.90 Å². The molecule has 3 rings (SSSR count). The molecule has 0 radical (unpaired) electrons. The highest BCUT2D eigenvalue weighted by atomic mass is 16.2. The summed E-state index contributed by atoms with van der Waals surface area (Å²) in [5.74, 6) is -0.233. The van der Waals surface area contributed by atoms with Crippen LogP contribution in [-0.2, 0) is 11.2 Å². The molecule has 6 heteroatoms. The van der Waals surface area contributed by atoms with Crippen LogP contribution in [-0.4, -0.2) is 47.6 Å². The topological polar surface area (TPSA) is 74.1 Å². The number of rotatable bonds is 5. The zero-order valence-corrected chi connectivity index (χ0v) is 17.5. The lowest BCUT2D eigenvalue weighted by Gasteiger charge is -2.29. The van der Waals surface area contributed by atoms with Gasteiger partial charge < -0.3 is 4.90 Å². The Kier molecular flexibility index (Phi) is 5.64. The molecule has 0 spiro atoms. The van der Waals surface area contributed by atoms with Crippen molar-refractivity contribution in [2.45, 2.75) is 32.7 Å². The summed E-state index contributed by atoms with van der Waals surface area (Å²) in [6.07, 6.45) is 0.802. The third-order valence-electron chi connectivity index (χ3n) is 4.73. The fourth-order valence-electron chi connectivity index (χ4n) is 3.27. The van der Waals surface area contributed by atoms with E-state index in [9.17, 15) is 9.59 Å². The molecule has 0 aromatic heterocycles. The van der Waals surface area contributed by atoms with Gasteiger partial charge in [0.05, 0.1) is 16.9 Å². The van der Waals surface area contributed by atoms with Gasteiger partial charge in [-0.15, -0.1) is 0 Å². The highest BCUT2D eigenvalue weighted by Gasteiger charge is 2.32. The summed E-state index contributed by atoms with van der Waals surface area (Å²) < 4.78 is 0. The predicted molar refractivity (Wildman–Crippen MR) is 117 cm³/mol. The second kappa shape index (κ2) is 7.99. The maximum atomic E-state index is 13.0. The number of hydrogen-bond acceptors (Lipinski definition) is 5. The molecule has 1 N–H and O–H groups in total. The average molecular weight is 390 g/mol. The van der Waals surface area contributed by atoms with Crippen LogP contribution in [0.5, 0.6) is 0 Å². The third-order valence-corrected chi connectivity index (χ3v) is 4.73. The van der Waals surface area contributed by atoms with Gasteiger partial charge in [-0.1, -0.05) is 24.3 Å². The lowest BCUT2D eigenvalue weighted by atomic mass is 9.85. The maximum Gasteiger partial charge on any atom is 0.276 e. The molecule has 0 atom stereocenters. The number of Topliss-reactive ketones (excluding diaryl/α,β-unsaturated/α-hetero) is 1. The molecule has 2 aromatic carbocycles. The van der Waals surface area contributed by atoms with Crippen LogP contribution in [0, 0.1) is 0 Å². The molecule has 6 nitrogen and oxygen atoms in total. The van der Waals surface area contributed by atoms with Gasteiger partial charge in [0.1, 0.15) is 0 Å². The molecule has 0 saturated carbocycles. The number of nitrogens with zero attached hydrogens (tertiary/aromatic N) is 3. The second-order valence-electron chi connectivity index (χ2n) is 8.01. The van der Waals surface area contributed by atoms with Crippen LogP contribution < -0.4 is 5.43 Å². The van der Waals surface area contributed by atoms with Crippen molar-refractivity contribution in [2.24, 2.45) is 10.1 Å². The number of fused-ring (bicyclic) bond motifs is 1. The van der Waals surface area contributed by atoms with E-state index in [0.29, 0.717) is 17.0 Å². The van der Waals surface area contributed by atoms with E-state index in [4.69, 9.17) is 4.99 Å². The molecule has 0 aliphatic carbocycles. The Hall–Kier alpha value is -3.28. The van der Waals surface area contributed by atoms with Crippen LogP contribution in [0.3, 0.4) is 0 Å². The van der Waals surface area contributed by atoms with Crippen molar-refractivity contribution in [3.05, 3.63) is 65.2 Å². The summed E-state index contributed by atoms with van der Waals surface area (Å²) in [5.41, 5.74) is 6.84. The summed E-state index contributed by atoms with van der Waals surface area (Å²) >= 11 is 0. The van der Waals surface area contributed by atoms with Crippen molar-refractivity contribution < 1.29 is 9.59 Å². The first-order chi connectivity index (χ1) is 13.7. The minimum atomic E-state index is -0.333. The first kappa shape index (κ1) is 20.5. The Morgan fingerprint density at radius 2 is 1.72 bits per heavy atom. The third kappa shape index (κ3) is 4.59. The Morgan fingerprint density at radius 1 is 1.07 bits per heavy atom. The number of carbonyl (C=O) groups excluding carboxylic acids is 2. The summed E-state index contributed by atoms with van der Waals surface area (Å²) in [5, 5.41) is 4.44. The average Bonchev–Trinajstić information content (AvgIpc) is 2.67. The first-order valence-electron chi connectivity index (χ1n) is 9.53. The number of ketones is 1. The van der Waals surface area contributed by atoms with Crippen molar-refractivity contribution in [3.63, 3.8) is 0 Å². The van der Waals surface area contributed by atoms with Gasteiger partial charge in [0.2, 0.25) is 0 Å². The van der Waals surface area contributed by atoms with Crippen molar-refractivity contribution in [3.8, 4) is 0 Å². The fraction of sp³-hybridized carbons (Fsp3) is 0.304. The van der Waals surface area contributed by atoms with Gasteiger partial charge in [-0.2, -0.15) is 5.10 Å². The van der Waals surface area contributed by atoms with Crippen LogP contribution in [0.25, 0.3) is 0 Å². The Balaban J connectivity index is 2.03. The maximum absolute atomic E-state index is 13.0. The molecule has 1 amide bonds. The zero-order chi connectivity index (χ0) is 21.2. The molecule has 0 fully saturated rings. The molecule has 0 bridgehead atoms. The van der Waals surface area contributed by atoms with E-state index in [1.165, 1.54) is 11.8 Å². The second-order valence-corrected chi connectivity index (χ2v) is 8.01. The van der Waals surface area contributed by atoms with Crippen LogP contribution in [0.4, 0.5) is 5.69 Å². The number of hydrogen-bond donors (Lipinski definition) is 1. The number of amides is 1. The molecule has 1 aliphatic rings. The highest BCUT2D eigenvalue weighted by molar-refractivity contribution is 6.70. The van der Waals surface area contributed by atoms with Gasteiger partial charge in [0, 0.05) is 25.2 Å². The van der Waals surface area contributed by atoms with Gasteiger partial charge in [-0.05, 0) is 57.0 Å². The van der Waals surface area contributed by atoms with Crippen LogP contribution in [0.1, 0.15) is 42.3 Å². The normalized spacial score (nSPS) is 15.2. The number of aliphatic imine (C=N–C) groups is 1. The standard InChI is InChI=1S/C23H26N4O2/c1-15(28)16-10-12-18(13-11-16)25-26-21(22(29)27(4)5)20-19-9-7-6-8-17(19)14-23(2,3)24-20/h6-13,25H,14H2,1-5H3. The van der Waals surface area contributed by atoms with E-state index in [0.717, 1.165) is 17.5 Å². The van der Waals surface area contributed by atoms with Crippen LogP contribution in [0.15, 0.2) is 58.6 Å². The minimum absolute atomic E-state index is 0.000995. The van der Waals surface area contributed by atoms with E-state index in [-0.39, 0.29) is 22.9 Å². The first-order valence-corrected chi connectivity index (χ1v) is 9.53. The van der Waals surface area contributed by atoms with E-state index in [1.807, 2.05) is 18.2 Å². The molecule has 0 unspecified atom stereocenters. The SMILES string of the molecule is CC(=O)c1ccc(NN=C(C(=O)N(C)C)C2=NC(C)(C)Cc3ccccc32)cc1. The van der Waals surface area contributed by atoms with Gasteiger partial charge in [0.25, 0.3) is 5.91 Å². The van der Waals surface area contributed by atoms with Gasteiger partial charge in [-0.3, -0.25) is 20.0 Å². The van der Waals surface area contributed by atoms with E-state index in [2.05, 4.69) is 30.4 Å². The zero-order valence-electron chi connectivity index (χ0n) is 17.5. The quantitative estimate of drug-likeness (QED) is 0.482. The number of benzene rings is 2. The molecule has 29 heavy (non-hydrogen) atoms. The minimum Gasteiger partial charge on any atom is -0.343 e. The summed E-state index contributed by atoms with van der Waals surface area (Å²) in [7, 11) is 3.39. The molecule has 0 saturated heterocycles. The van der Waals surface area contributed by atoms with Crippen molar-refractivity contribution in [2.75, 3.05) is 19.5 Å². The lowest BCUT2D eigenvalue weighted by molar-refractivity contribution is -0.121. The highest BCUT2D eigenvalue weighted by Crippen LogP contribution is 2.27. The van der Waals surface area contributed by atoms with E-state index in [1.54, 1.807) is 38.4 Å². The van der Waals surface area contributed by atoms with E-state index < -0.39 is 0 Å². The van der Waals surface area contributed by atoms with Gasteiger partial charge in [-0.25, -0.2) is 0 Å². The predicted octanol–water partition coefficient (Wildman–Crippen LogP) is 3.57. The number of nitrogens with one attached hydrogen (secondary N) is 1. The summed E-state index contributed by atoms with van der Waals surface area (Å²) in [6.45, 7) is 5.62. The fourth-order valence-corrected chi connectivity index (χ4v) is 3.27. The summed E-state index contributed by atoms with van der Waals surface area (Å²) in [6, 6.07) is 15.0. The molecule has 2 aromatic rings. The molecular formula is C23H26N4O2. The Morgan fingerprint density at radius 3 is 2.34 bits per heavy atom. The monoisotopic (exact) mass is 390 g/mol. The van der Waals surface area contributed by atoms with Crippen molar-refractivity contribution >= 4 is 28.8 Å². The largest absolute Gasteiger partial charge is 0.343 e. The van der Waals surface area contributed by atoms with Gasteiger partial charge >= 0.3 is 0 Å². The smallest absolute Gasteiger partial charge is 0.276 e. The number of anilines is 1.